The van der Waals surface area contributed by atoms with Gasteiger partial charge in [-0.05, 0) is 56.3 Å². The Labute approximate surface area is 104 Å². The molecule has 1 unspecified atom stereocenters. The van der Waals surface area contributed by atoms with Gasteiger partial charge in [0.05, 0.1) is 0 Å². The molecule has 1 N–H and O–H groups in total. The third-order valence-electron chi connectivity index (χ3n) is 4.32. The smallest absolute Gasteiger partial charge is 0.0397 e. The van der Waals surface area contributed by atoms with Gasteiger partial charge in [-0.25, -0.2) is 0 Å². The molecule has 0 bridgehead atoms. The van der Waals surface area contributed by atoms with Crippen molar-refractivity contribution in [2.45, 2.75) is 38.1 Å². The molecule has 1 aromatic rings. The molecule has 2 aliphatic rings. The van der Waals surface area contributed by atoms with E-state index in [1.165, 1.54) is 55.6 Å². The third-order valence-corrected chi connectivity index (χ3v) is 4.32. The number of hydrogen-bond acceptors (Lipinski definition) is 2. The second kappa shape index (κ2) is 4.02. The summed E-state index contributed by atoms with van der Waals surface area (Å²) in [5, 5.41) is 3.65. The molecule has 1 atom stereocenters. The van der Waals surface area contributed by atoms with Crippen LogP contribution in [-0.4, -0.2) is 25.7 Å². The summed E-state index contributed by atoms with van der Waals surface area (Å²) in [6.07, 6.45) is 5.02. The number of anilines is 1. The monoisotopic (exact) mass is 230 g/mol. The van der Waals surface area contributed by atoms with Crippen molar-refractivity contribution in [1.82, 2.24) is 5.32 Å². The molecule has 0 amide bonds. The molecule has 0 spiro atoms. The van der Waals surface area contributed by atoms with Crippen LogP contribution in [0.3, 0.4) is 0 Å². The summed E-state index contributed by atoms with van der Waals surface area (Å²) in [6, 6.07) is 7.03. The molecular weight excluding hydrogens is 208 g/mol. The van der Waals surface area contributed by atoms with Crippen LogP contribution in [0, 0.1) is 0 Å². The van der Waals surface area contributed by atoms with Crippen molar-refractivity contribution in [1.29, 1.82) is 0 Å². The zero-order valence-corrected chi connectivity index (χ0v) is 10.9. The molecule has 17 heavy (non-hydrogen) atoms. The number of rotatable bonds is 2. The van der Waals surface area contributed by atoms with Crippen LogP contribution in [-0.2, 0) is 12.8 Å². The fraction of sp³-hybridized carbons (Fsp3) is 0.600. The number of nitrogens with zero attached hydrogens (tertiary/aromatic N) is 1. The Morgan fingerprint density at radius 1 is 1.41 bits per heavy atom. The third kappa shape index (κ3) is 2.06. The van der Waals surface area contributed by atoms with Gasteiger partial charge in [0.2, 0.25) is 0 Å². The molecule has 0 radical (unpaired) electrons. The summed E-state index contributed by atoms with van der Waals surface area (Å²) in [6.45, 7) is 4.72. The first-order chi connectivity index (χ1) is 8.16. The summed E-state index contributed by atoms with van der Waals surface area (Å²) in [5.74, 6) is 0. The summed E-state index contributed by atoms with van der Waals surface area (Å²) in [5.41, 5.74) is 4.79. The number of fused-ring (bicyclic) bond motifs is 1. The van der Waals surface area contributed by atoms with Crippen LogP contribution in [0.15, 0.2) is 18.2 Å². The van der Waals surface area contributed by atoms with E-state index in [4.69, 9.17) is 0 Å². The minimum atomic E-state index is 0.332. The first-order valence-corrected chi connectivity index (χ1v) is 6.74. The predicted molar refractivity (Wildman–Crippen MR) is 72.8 cm³/mol. The largest absolute Gasteiger partial charge is 0.374 e. The van der Waals surface area contributed by atoms with Crippen LogP contribution >= 0.6 is 0 Å². The van der Waals surface area contributed by atoms with Gasteiger partial charge in [0, 0.05) is 24.8 Å². The van der Waals surface area contributed by atoms with E-state index in [-0.39, 0.29) is 0 Å². The van der Waals surface area contributed by atoms with E-state index < -0.39 is 0 Å². The van der Waals surface area contributed by atoms with Crippen LogP contribution in [0.5, 0.6) is 0 Å². The highest BCUT2D eigenvalue weighted by molar-refractivity contribution is 5.58. The minimum absolute atomic E-state index is 0.332. The van der Waals surface area contributed by atoms with Crippen LogP contribution in [0.1, 0.15) is 30.9 Å². The number of benzene rings is 1. The fourth-order valence-electron chi connectivity index (χ4n) is 3.29. The highest BCUT2D eigenvalue weighted by Gasteiger charge is 2.28. The Morgan fingerprint density at radius 2 is 2.29 bits per heavy atom. The molecule has 1 fully saturated rings. The van der Waals surface area contributed by atoms with Crippen molar-refractivity contribution in [2.24, 2.45) is 0 Å². The van der Waals surface area contributed by atoms with E-state index in [1.807, 2.05) is 0 Å². The first kappa shape index (κ1) is 11.1. The van der Waals surface area contributed by atoms with Crippen LogP contribution in [0.4, 0.5) is 5.69 Å². The first-order valence-electron chi connectivity index (χ1n) is 6.74. The van der Waals surface area contributed by atoms with Crippen LogP contribution < -0.4 is 10.2 Å². The molecule has 1 aromatic carbocycles. The zero-order valence-electron chi connectivity index (χ0n) is 10.9. The fourth-order valence-corrected chi connectivity index (χ4v) is 3.29. The van der Waals surface area contributed by atoms with Gasteiger partial charge in [-0.1, -0.05) is 12.1 Å². The Kier molecular flexibility index (Phi) is 2.62. The quantitative estimate of drug-likeness (QED) is 0.839. The maximum atomic E-state index is 3.65. The Bertz CT molecular complexity index is 419. The standard InChI is InChI=1S/C15H22N2/c1-15(7-3-8-16-15)11-12-4-5-14-13(10-12)6-9-17(14)2/h4-5,10,16H,3,6-9,11H2,1-2H3. The summed E-state index contributed by atoms with van der Waals surface area (Å²) >= 11 is 0. The van der Waals surface area contributed by atoms with Gasteiger partial charge < -0.3 is 10.2 Å². The van der Waals surface area contributed by atoms with Gasteiger partial charge in [0.15, 0.2) is 0 Å². The van der Waals surface area contributed by atoms with Gasteiger partial charge in [0.25, 0.3) is 0 Å². The lowest BCUT2D eigenvalue weighted by atomic mass is 9.90. The van der Waals surface area contributed by atoms with Crippen molar-refractivity contribution in [3.8, 4) is 0 Å². The van der Waals surface area contributed by atoms with E-state index in [0.29, 0.717) is 5.54 Å². The Morgan fingerprint density at radius 3 is 3.06 bits per heavy atom. The lowest BCUT2D eigenvalue weighted by Gasteiger charge is -2.24. The van der Waals surface area contributed by atoms with Crippen molar-refractivity contribution in [3.63, 3.8) is 0 Å². The van der Waals surface area contributed by atoms with Gasteiger partial charge >= 0.3 is 0 Å². The van der Waals surface area contributed by atoms with Gasteiger partial charge in [-0.3, -0.25) is 0 Å². The molecule has 2 heteroatoms. The maximum absolute atomic E-state index is 3.65. The van der Waals surface area contributed by atoms with E-state index >= 15 is 0 Å². The van der Waals surface area contributed by atoms with Crippen LogP contribution in [0.2, 0.25) is 0 Å². The van der Waals surface area contributed by atoms with Gasteiger partial charge in [-0.15, -0.1) is 0 Å². The lowest BCUT2D eigenvalue weighted by molar-refractivity contribution is 0.412. The van der Waals surface area contributed by atoms with Gasteiger partial charge in [-0.2, -0.15) is 0 Å². The summed E-state index contributed by atoms with van der Waals surface area (Å²) in [7, 11) is 2.19. The average molecular weight is 230 g/mol. The normalized spacial score (nSPS) is 27.5. The molecule has 0 aromatic heterocycles. The zero-order chi connectivity index (χ0) is 11.9. The van der Waals surface area contributed by atoms with Crippen molar-refractivity contribution in [3.05, 3.63) is 29.3 Å². The molecule has 0 aliphatic carbocycles. The van der Waals surface area contributed by atoms with E-state index in [2.05, 4.69) is 42.4 Å². The second-order valence-corrected chi connectivity index (χ2v) is 5.90. The summed E-state index contributed by atoms with van der Waals surface area (Å²) in [4.78, 5) is 2.36. The lowest BCUT2D eigenvalue weighted by Crippen LogP contribution is -2.38. The molecule has 0 saturated carbocycles. The van der Waals surface area contributed by atoms with E-state index in [9.17, 15) is 0 Å². The highest BCUT2D eigenvalue weighted by Crippen LogP contribution is 2.30. The number of nitrogens with one attached hydrogen (secondary N) is 1. The molecule has 3 rings (SSSR count). The van der Waals surface area contributed by atoms with Gasteiger partial charge in [0.1, 0.15) is 0 Å². The van der Waals surface area contributed by atoms with Crippen molar-refractivity contribution in [2.75, 3.05) is 25.0 Å². The van der Waals surface area contributed by atoms with Crippen molar-refractivity contribution >= 4 is 5.69 Å². The average Bonchev–Trinajstić information content (AvgIpc) is 2.87. The van der Waals surface area contributed by atoms with Crippen molar-refractivity contribution < 1.29 is 0 Å². The number of likely N-dealkylation sites (N-methyl/N-ethyl adjacent to an activating group) is 1. The highest BCUT2D eigenvalue weighted by atomic mass is 15.1. The topological polar surface area (TPSA) is 15.3 Å². The molecule has 1 saturated heterocycles. The SMILES string of the molecule is CN1CCc2cc(CC3(C)CCCN3)ccc21. The molecular formula is C15H22N2. The molecule has 2 nitrogen and oxygen atoms in total. The number of hydrogen-bond donors (Lipinski definition) is 1. The Balaban J connectivity index is 1.81. The van der Waals surface area contributed by atoms with Crippen LogP contribution in [0.25, 0.3) is 0 Å². The second-order valence-electron chi connectivity index (χ2n) is 5.90. The Hall–Kier alpha value is -1.02. The van der Waals surface area contributed by atoms with E-state index in [1.54, 1.807) is 0 Å². The minimum Gasteiger partial charge on any atom is -0.374 e. The molecule has 2 heterocycles. The summed E-state index contributed by atoms with van der Waals surface area (Å²) < 4.78 is 0. The predicted octanol–water partition coefficient (Wildman–Crippen LogP) is 2.36. The van der Waals surface area contributed by atoms with E-state index in [0.717, 1.165) is 0 Å². The maximum Gasteiger partial charge on any atom is 0.0397 e. The molecule has 2 aliphatic heterocycles. The molecule has 92 valence electrons.